The quantitative estimate of drug-likeness (QED) is 0.557. The van der Waals surface area contributed by atoms with Crippen molar-refractivity contribution in [1.82, 2.24) is 20.1 Å². The van der Waals surface area contributed by atoms with Crippen molar-refractivity contribution in [2.24, 2.45) is 0 Å². The van der Waals surface area contributed by atoms with Crippen LogP contribution in [0.5, 0.6) is 5.75 Å². The predicted molar refractivity (Wildman–Crippen MR) is 115 cm³/mol. The minimum absolute atomic E-state index is 0.0222. The number of ether oxygens (including phenoxy) is 1. The highest BCUT2D eigenvalue weighted by molar-refractivity contribution is 7.89. The van der Waals surface area contributed by atoms with Crippen molar-refractivity contribution in [1.29, 1.82) is 0 Å². The summed E-state index contributed by atoms with van der Waals surface area (Å²) in [4.78, 5) is 1.61. The molecule has 1 heterocycles. The Labute approximate surface area is 189 Å². The van der Waals surface area contributed by atoms with Gasteiger partial charge in [-0.15, -0.1) is 0 Å². The maximum atomic E-state index is 14.4. The smallest absolute Gasteiger partial charge is 0.409 e. The second-order valence-electron chi connectivity index (χ2n) is 7.59. The number of hydrogen-bond donors (Lipinski definition) is 2. The molecule has 12 heteroatoms. The molecular formula is C21H24F4N4O3S. The summed E-state index contributed by atoms with van der Waals surface area (Å²) >= 11 is 0. The van der Waals surface area contributed by atoms with Crippen LogP contribution in [0.25, 0.3) is 5.57 Å². The summed E-state index contributed by atoms with van der Waals surface area (Å²) in [6.07, 6.45) is -4.79. The van der Waals surface area contributed by atoms with Gasteiger partial charge in [-0.2, -0.15) is 13.2 Å². The average Bonchev–Trinajstić information content (AvgIpc) is 3.10. The van der Waals surface area contributed by atoms with E-state index in [1.54, 1.807) is 25.1 Å². The van der Waals surface area contributed by atoms with Gasteiger partial charge < -0.3 is 9.64 Å². The lowest BCUT2D eigenvalue weighted by Crippen LogP contribution is -2.48. The van der Waals surface area contributed by atoms with Gasteiger partial charge in [-0.25, -0.2) is 18.2 Å². The fourth-order valence-corrected chi connectivity index (χ4v) is 4.42. The molecule has 0 bridgehead atoms. The lowest BCUT2D eigenvalue weighted by molar-refractivity contribution is -0.147. The second kappa shape index (κ2) is 9.57. The van der Waals surface area contributed by atoms with E-state index in [2.05, 4.69) is 10.1 Å². The Hall–Kier alpha value is -2.83. The molecule has 0 saturated carbocycles. The number of methoxy groups -OCH3 is 1. The van der Waals surface area contributed by atoms with Gasteiger partial charge in [-0.05, 0) is 43.9 Å². The Kier molecular flexibility index (Phi) is 7.20. The first-order valence-corrected chi connectivity index (χ1v) is 11.3. The number of sulfonamides is 1. The minimum Gasteiger partial charge on any atom is -0.494 e. The standard InChI is InChI=1S/C21H24F4N4O3S/c1-28(2)11-12-29-20(27-33(30,31)15-7-5-4-6-8-15)18(19(26-29)21(23,24)25)14-9-10-17(32-3)16(22)13-14/h4-10,13,19,26-27H,11-12H2,1-3H3. The third kappa shape index (κ3) is 5.57. The summed E-state index contributed by atoms with van der Waals surface area (Å²) < 4.78 is 89.6. The molecule has 7 nitrogen and oxygen atoms in total. The van der Waals surface area contributed by atoms with Crippen molar-refractivity contribution in [3.8, 4) is 5.75 Å². The first-order valence-electron chi connectivity index (χ1n) is 9.85. The van der Waals surface area contributed by atoms with E-state index in [4.69, 9.17) is 4.74 Å². The van der Waals surface area contributed by atoms with Crippen LogP contribution in [0.4, 0.5) is 17.6 Å². The van der Waals surface area contributed by atoms with Gasteiger partial charge in [0.2, 0.25) is 0 Å². The van der Waals surface area contributed by atoms with Gasteiger partial charge in [-0.3, -0.25) is 9.73 Å². The number of hydrogen-bond acceptors (Lipinski definition) is 6. The Balaban J connectivity index is 2.18. The number of alkyl halides is 3. The zero-order valence-electron chi connectivity index (χ0n) is 18.1. The highest BCUT2D eigenvalue weighted by Crippen LogP contribution is 2.39. The zero-order chi connectivity index (χ0) is 24.4. The maximum Gasteiger partial charge on any atom is 0.409 e. The Morgan fingerprint density at radius 3 is 2.36 bits per heavy atom. The molecule has 33 heavy (non-hydrogen) atoms. The number of halogens is 4. The topological polar surface area (TPSA) is 73.9 Å². The lowest BCUT2D eigenvalue weighted by Gasteiger charge is -2.26. The van der Waals surface area contributed by atoms with Gasteiger partial charge in [0.1, 0.15) is 5.82 Å². The van der Waals surface area contributed by atoms with E-state index < -0.39 is 33.6 Å². The molecule has 1 unspecified atom stereocenters. The molecule has 1 atom stereocenters. The maximum absolute atomic E-state index is 14.4. The zero-order valence-corrected chi connectivity index (χ0v) is 19.0. The van der Waals surface area contributed by atoms with Crippen LogP contribution < -0.4 is 14.9 Å². The molecule has 0 saturated heterocycles. The number of nitrogens with zero attached hydrogens (tertiary/aromatic N) is 2. The first kappa shape index (κ1) is 24.8. The summed E-state index contributed by atoms with van der Waals surface area (Å²) in [6.45, 7) is 0.340. The number of rotatable bonds is 8. The number of likely N-dealkylation sites (N-methyl/N-ethyl adjacent to an activating group) is 1. The van der Waals surface area contributed by atoms with E-state index in [0.717, 1.165) is 11.1 Å². The molecule has 1 aliphatic heterocycles. The average molecular weight is 489 g/mol. The van der Waals surface area contributed by atoms with Crippen LogP contribution in [0.2, 0.25) is 0 Å². The third-order valence-corrected chi connectivity index (χ3v) is 6.30. The Morgan fingerprint density at radius 2 is 1.82 bits per heavy atom. The van der Waals surface area contributed by atoms with Crippen LogP contribution in [0.3, 0.4) is 0 Å². The van der Waals surface area contributed by atoms with E-state index in [1.807, 2.05) is 0 Å². The Morgan fingerprint density at radius 1 is 1.15 bits per heavy atom. The van der Waals surface area contributed by atoms with Crippen LogP contribution in [0.1, 0.15) is 5.56 Å². The molecule has 2 aromatic rings. The molecule has 0 aromatic heterocycles. The van der Waals surface area contributed by atoms with Crippen LogP contribution >= 0.6 is 0 Å². The van der Waals surface area contributed by atoms with E-state index in [9.17, 15) is 26.0 Å². The van der Waals surface area contributed by atoms with Crippen LogP contribution in [0.15, 0.2) is 59.2 Å². The van der Waals surface area contributed by atoms with Gasteiger partial charge in [0.15, 0.2) is 17.6 Å². The predicted octanol–water partition coefficient (Wildman–Crippen LogP) is 2.79. The summed E-state index contributed by atoms with van der Waals surface area (Å²) in [5.74, 6) is -1.35. The summed E-state index contributed by atoms with van der Waals surface area (Å²) in [6, 6.07) is 8.33. The van der Waals surface area contributed by atoms with Crippen molar-refractivity contribution in [3.63, 3.8) is 0 Å². The summed E-state index contributed by atoms with van der Waals surface area (Å²) in [5.41, 5.74) is 1.75. The van der Waals surface area contributed by atoms with Crippen LogP contribution in [0, 0.1) is 5.82 Å². The molecule has 2 aromatic carbocycles. The molecule has 0 fully saturated rings. The third-order valence-electron chi connectivity index (χ3n) is 4.94. The molecule has 1 aliphatic rings. The van der Waals surface area contributed by atoms with E-state index in [0.29, 0.717) is 6.54 Å². The van der Waals surface area contributed by atoms with Gasteiger partial charge in [-0.1, -0.05) is 24.3 Å². The normalized spacial score (nSPS) is 17.1. The van der Waals surface area contributed by atoms with E-state index >= 15 is 0 Å². The van der Waals surface area contributed by atoms with E-state index in [-0.39, 0.29) is 28.6 Å². The number of hydrazine groups is 1. The van der Waals surface area contributed by atoms with Crippen molar-refractivity contribution >= 4 is 15.6 Å². The molecule has 0 aliphatic carbocycles. The first-order chi connectivity index (χ1) is 15.4. The highest BCUT2D eigenvalue weighted by Gasteiger charge is 2.49. The molecule has 0 amide bonds. The van der Waals surface area contributed by atoms with Crippen molar-refractivity contribution in [3.05, 3.63) is 65.7 Å². The monoisotopic (exact) mass is 488 g/mol. The second-order valence-corrected chi connectivity index (χ2v) is 9.27. The fraction of sp³-hybridized carbons (Fsp3) is 0.333. The largest absolute Gasteiger partial charge is 0.494 e. The van der Waals surface area contributed by atoms with Gasteiger partial charge in [0, 0.05) is 18.7 Å². The SMILES string of the molecule is COc1ccc(C2=C(NS(=O)(=O)c3ccccc3)N(CCN(C)C)NC2C(F)(F)F)cc1F. The number of nitrogens with one attached hydrogen (secondary N) is 2. The number of benzene rings is 2. The molecule has 2 N–H and O–H groups in total. The van der Waals surface area contributed by atoms with Crippen molar-refractivity contribution in [2.75, 3.05) is 34.3 Å². The minimum atomic E-state index is -4.79. The van der Waals surface area contributed by atoms with Crippen molar-refractivity contribution < 1.29 is 30.7 Å². The lowest BCUT2D eigenvalue weighted by atomic mass is 9.99. The van der Waals surface area contributed by atoms with Crippen LogP contribution in [-0.2, 0) is 10.0 Å². The highest BCUT2D eigenvalue weighted by atomic mass is 32.2. The molecule has 0 radical (unpaired) electrons. The fourth-order valence-electron chi connectivity index (χ4n) is 3.31. The van der Waals surface area contributed by atoms with Gasteiger partial charge in [0.05, 0.1) is 12.0 Å². The molecule has 0 spiro atoms. The van der Waals surface area contributed by atoms with E-state index in [1.165, 1.54) is 43.5 Å². The molecule has 3 rings (SSSR count). The van der Waals surface area contributed by atoms with Crippen LogP contribution in [-0.4, -0.2) is 64.8 Å². The summed E-state index contributed by atoms with van der Waals surface area (Å²) in [5, 5.41) is 1.09. The molecule has 180 valence electrons. The summed E-state index contributed by atoms with van der Waals surface area (Å²) in [7, 11) is 0.456. The van der Waals surface area contributed by atoms with Crippen molar-refractivity contribution in [2.45, 2.75) is 17.1 Å². The molecular weight excluding hydrogens is 464 g/mol. The van der Waals surface area contributed by atoms with Gasteiger partial charge in [0.25, 0.3) is 10.0 Å². The Bertz CT molecular complexity index is 1120. The van der Waals surface area contributed by atoms with Gasteiger partial charge >= 0.3 is 6.18 Å².